The van der Waals surface area contributed by atoms with Gasteiger partial charge in [-0.2, -0.15) is 11.3 Å². The fraction of sp³-hybridized carbons (Fsp3) is 0.375. The van der Waals surface area contributed by atoms with Crippen LogP contribution in [0.5, 0.6) is 11.5 Å². The largest absolute Gasteiger partial charge is 0.497 e. The van der Waals surface area contributed by atoms with Gasteiger partial charge in [0.15, 0.2) is 0 Å². The Balaban J connectivity index is 2.25. The van der Waals surface area contributed by atoms with Gasteiger partial charge in [0.05, 0.1) is 14.2 Å². The van der Waals surface area contributed by atoms with Gasteiger partial charge in [-0.25, -0.2) is 13.1 Å². The van der Waals surface area contributed by atoms with E-state index in [1.54, 1.807) is 23.5 Å². The molecule has 0 amide bonds. The highest BCUT2D eigenvalue weighted by atomic mass is 32.2. The highest BCUT2D eigenvalue weighted by Gasteiger charge is 2.23. The Labute approximate surface area is 147 Å². The second-order valence-electron chi connectivity index (χ2n) is 5.40. The van der Waals surface area contributed by atoms with Crippen LogP contribution >= 0.6 is 11.3 Å². The number of likely N-dealkylation sites (N-methyl/N-ethyl adjacent to an activating group) is 1. The average molecular weight is 370 g/mol. The van der Waals surface area contributed by atoms with Crippen molar-refractivity contribution in [3.8, 4) is 11.5 Å². The molecule has 2 aromatic rings. The summed E-state index contributed by atoms with van der Waals surface area (Å²) in [7, 11) is 3.03. The molecule has 0 radical (unpaired) electrons. The number of nitrogens with one attached hydrogen (secondary N) is 1. The van der Waals surface area contributed by atoms with Crippen molar-refractivity contribution in [2.45, 2.75) is 10.9 Å². The average Bonchev–Trinajstić information content (AvgIpc) is 3.08. The lowest BCUT2D eigenvalue weighted by atomic mass is 10.1. The van der Waals surface area contributed by atoms with Gasteiger partial charge >= 0.3 is 0 Å². The fourth-order valence-corrected chi connectivity index (χ4v) is 4.25. The van der Waals surface area contributed by atoms with Crippen molar-refractivity contribution < 1.29 is 17.9 Å². The van der Waals surface area contributed by atoms with Crippen molar-refractivity contribution in [1.29, 1.82) is 0 Å². The molecule has 1 aromatic heterocycles. The lowest BCUT2D eigenvalue weighted by molar-refractivity contribution is 0.300. The first-order chi connectivity index (χ1) is 11.4. The predicted molar refractivity (Wildman–Crippen MR) is 95.5 cm³/mol. The molecule has 0 bridgehead atoms. The van der Waals surface area contributed by atoms with E-state index in [0.29, 0.717) is 5.75 Å². The zero-order valence-corrected chi connectivity index (χ0v) is 15.8. The van der Waals surface area contributed by atoms with E-state index in [-0.39, 0.29) is 23.2 Å². The molecule has 24 heavy (non-hydrogen) atoms. The van der Waals surface area contributed by atoms with Crippen LogP contribution in [0.2, 0.25) is 0 Å². The lowest BCUT2D eigenvalue weighted by Crippen LogP contribution is -2.34. The Bertz CT molecular complexity index is 758. The Morgan fingerprint density at radius 2 is 1.96 bits per heavy atom. The lowest BCUT2D eigenvalue weighted by Gasteiger charge is -2.24. The molecule has 132 valence electrons. The van der Waals surface area contributed by atoms with Crippen LogP contribution in [0.1, 0.15) is 11.6 Å². The predicted octanol–water partition coefficient (Wildman–Crippen LogP) is 2.35. The topological polar surface area (TPSA) is 67.9 Å². The van der Waals surface area contributed by atoms with Gasteiger partial charge < -0.3 is 14.4 Å². The Morgan fingerprint density at radius 3 is 2.50 bits per heavy atom. The first-order valence-electron chi connectivity index (χ1n) is 7.29. The maximum absolute atomic E-state index is 12.7. The molecular weight excluding hydrogens is 348 g/mol. The third-order valence-corrected chi connectivity index (χ3v) is 5.82. The molecule has 2 rings (SSSR count). The number of nitrogens with zero attached hydrogens (tertiary/aromatic N) is 1. The van der Waals surface area contributed by atoms with Crippen molar-refractivity contribution in [2.75, 3.05) is 34.9 Å². The molecule has 1 aromatic carbocycles. The van der Waals surface area contributed by atoms with Gasteiger partial charge in [-0.05, 0) is 48.6 Å². The number of hydrogen-bond donors (Lipinski definition) is 1. The van der Waals surface area contributed by atoms with Crippen molar-refractivity contribution in [3.63, 3.8) is 0 Å². The third-order valence-electron chi connectivity index (χ3n) is 3.68. The van der Waals surface area contributed by atoms with Crippen LogP contribution in [0.25, 0.3) is 0 Å². The Kier molecular flexibility index (Phi) is 6.22. The Morgan fingerprint density at radius 1 is 1.21 bits per heavy atom. The molecule has 1 unspecified atom stereocenters. The summed E-state index contributed by atoms with van der Waals surface area (Å²) in [5, 5.41) is 4.00. The van der Waals surface area contributed by atoms with Gasteiger partial charge in [-0.1, -0.05) is 0 Å². The minimum Gasteiger partial charge on any atom is -0.497 e. The Hall–Kier alpha value is -1.61. The van der Waals surface area contributed by atoms with Gasteiger partial charge in [0.25, 0.3) is 0 Å². The minimum atomic E-state index is -3.73. The summed E-state index contributed by atoms with van der Waals surface area (Å²) in [4.78, 5) is 2.04. The highest BCUT2D eigenvalue weighted by molar-refractivity contribution is 7.89. The van der Waals surface area contributed by atoms with E-state index >= 15 is 0 Å². The van der Waals surface area contributed by atoms with E-state index in [4.69, 9.17) is 9.47 Å². The molecule has 0 spiro atoms. The summed E-state index contributed by atoms with van der Waals surface area (Å²) in [5.41, 5.74) is 1.07. The van der Waals surface area contributed by atoms with E-state index in [2.05, 4.69) is 4.72 Å². The van der Waals surface area contributed by atoms with Crippen LogP contribution in [0.15, 0.2) is 39.9 Å². The van der Waals surface area contributed by atoms with Gasteiger partial charge in [-0.15, -0.1) is 0 Å². The molecule has 1 atom stereocenters. The third kappa shape index (κ3) is 4.27. The quantitative estimate of drug-likeness (QED) is 0.773. The van der Waals surface area contributed by atoms with Gasteiger partial charge in [0, 0.05) is 18.7 Å². The van der Waals surface area contributed by atoms with Crippen LogP contribution in [0, 0.1) is 0 Å². The first kappa shape index (κ1) is 18.7. The van der Waals surface area contributed by atoms with E-state index in [1.807, 2.05) is 35.8 Å². The van der Waals surface area contributed by atoms with E-state index in [9.17, 15) is 8.42 Å². The number of ether oxygens (including phenoxy) is 2. The molecule has 0 fully saturated rings. The fourth-order valence-electron chi connectivity index (χ4n) is 2.32. The number of thiophene rings is 1. The number of rotatable bonds is 8. The summed E-state index contributed by atoms with van der Waals surface area (Å²) >= 11 is 1.59. The van der Waals surface area contributed by atoms with Gasteiger partial charge in [0.1, 0.15) is 16.4 Å². The number of sulfonamides is 1. The van der Waals surface area contributed by atoms with Gasteiger partial charge in [0.2, 0.25) is 10.0 Å². The zero-order valence-electron chi connectivity index (χ0n) is 14.1. The normalized spacial score (nSPS) is 13.0. The second kappa shape index (κ2) is 7.98. The molecule has 6 nitrogen and oxygen atoms in total. The summed E-state index contributed by atoms with van der Waals surface area (Å²) in [6, 6.07) is 6.64. The van der Waals surface area contributed by atoms with Crippen molar-refractivity contribution >= 4 is 21.4 Å². The van der Waals surface area contributed by atoms with E-state index in [0.717, 1.165) is 5.56 Å². The van der Waals surface area contributed by atoms with Crippen molar-refractivity contribution in [3.05, 3.63) is 40.6 Å². The molecule has 0 aliphatic rings. The van der Waals surface area contributed by atoms with Crippen LogP contribution in [0.4, 0.5) is 0 Å². The molecule has 1 N–H and O–H groups in total. The van der Waals surface area contributed by atoms with Crippen LogP contribution in [-0.4, -0.2) is 48.2 Å². The van der Waals surface area contributed by atoms with Gasteiger partial charge in [-0.3, -0.25) is 0 Å². The van der Waals surface area contributed by atoms with Crippen LogP contribution in [0.3, 0.4) is 0 Å². The number of hydrogen-bond acceptors (Lipinski definition) is 6. The molecule has 0 saturated heterocycles. The maximum atomic E-state index is 12.7. The SMILES string of the molecule is COc1ccc(OC)c(S(=O)(=O)NCC(c2ccsc2)N(C)C)c1. The summed E-state index contributed by atoms with van der Waals surface area (Å²) in [5.74, 6) is 0.735. The molecule has 0 aliphatic heterocycles. The minimum absolute atomic E-state index is 0.0531. The second-order valence-corrected chi connectivity index (χ2v) is 7.92. The molecule has 0 aliphatic carbocycles. The molecular formula is C16H22N2O4S2. The van der Waals surface area contributed by atoms with E-state index < -0.39 is 10.0 Å². The smallest absolute Gasteiger partial charge is 0.244 e. The maximum Gasteiger partial charge on any atom is 0.244 e. The molecule has 1 heterocycles. The zero-order chi connectivity index (χ0) is 17.7. The number of methoxy groups -OCH3 is 2. The number of benzene rings is 1. The summed E-state index contributed by atoms with van der Waals surface area (Å²) < 4.78 is 38.4. The first-order valence-corrected chi connectivity index (χ1v) is 9.72. The standard InChI is InChI=1S/C16H22N2O4S2/c1-18(2)14(12-7-8-23-11-12)10-17-24(19,20)16-9-13(21-3)5-6-15(16)22-4/h5-9,11,14,17H,10H2,1-4H3. The molecule has 8 heteroatoms. The molecule has 0 saturated carbocycles. The summed E-state index contributed by atoms with van der Waals surface area (Å²) in [6.07, 6.45) is 0. The van der Waals surface area contributed by atoms with Crippen LogP contribution < -0.4 is 14.2 Å². The van der Waals surface area contributed by atoms with Crippen molar-refractivity contribution in [2.24, 2.45) is 0 Å². The van der Waals surface area contributed by atoms with E-state index in [1.165, 1.54) is 20.3 Å². The van der Waals surface area contributed by atoms with Crippen molar-refractivity contribution in [1.82, 2.24) is 9.62 Å². The monoisotopic (exact) mass is 370 g/mol. The van der Waals surface area contributed by atoms with Crippen LogP contribution in [-0.2, 0) is 10.0 Å². The highest BCUT2D eigenvalue weighted by Crippen LogP contribution is 2.28. The summed E-state index contributed by atoms with van der Waals surface area (Å²) in [6.45, 7) is 0.256.